The first-order valence-corrected chi connectivity index (χ1v) is 13.3. The number of rotatable bonds is 8. The van der Waals surface area contributed by atoms with Crippen LogP contribution in [-0.4, -0.2) is 87.8 Å². The van der Waals surface area contributed by atoms with E-state index >= 15 is 0 Å². The Morgan fingerprint density at radius 3 is 1.91 bits per heavy atom. The first-order valence-electron chi connectivity index (χ1n) is 11.5. The third kappa shape index (κ3) is 10.7. The summed E-state index contributed by atoms with van der Waals surface area (Å²) in [5.74, 6) is 1.66. The summed E-state index contributed by atoms with van der Waals surface area (Å²) in [5, 5.41) is 19.0. The fraction of sp³-hybridized carbons (Fsp3) is 0.714. The molecule has 1 aromatic carbocycles. The van der Waals surface area contributed by atoms with E-state index in [1.807, 2.05) is 42.0 Å². The van der Waals surface area contributed by atoms with Crippen molar-refractivity contribution < 1.29 is 27.4 Å². The molecule has 11 heteroatoms. The third-order valence-corrected chi connectivity index (χ3v) is 6.47. The molecule has 2 aliphatic heterocycles. The van der Waals surface area contributed by atoms with Crippen molar-refractivity contribution in [2.45, 2.75) is 39.3 Å². The molecule has 3 rings (SSSR count). The standard InChI is InChI=1S/C13H20BNO2.C8H18BNO4S/c1-14(16)15-9-5-6-12(10-15)11-17-13-7-3-2-4-8-13;1-9(11)10-5-3-4-8(6-10)7-14-15(2,12)13/h2-4,7-8,12,16H,5-6,9-11H2,1H3;8,11H,3-7H2,1-2H3. The van der Waals surface area contributed by atoms with Crippen LogP contribution < -0.4 is 4.74 Å². The zero-order valence-corrected chi connectivity index (χ0v) is 20.4. The van der Waals surface area contributed by atoms with Crippen molar-refractivity contribution in [1.29, 1.82) is 0 Å². The minimum Gasteiger partial charge on any atom is -0.493 e. The predicted molar refractivity (Wildman–Crippen MR) is 129 cm³/mol. The van der Waals surface area contributed by atoms with Crippen LogP contribution >= 0.6 is 0 Å². The number of piperidine rings is 2. The van der Waals surface area contributed by atoms with E-state index in [2.05, 4.69) is 4.81 Å². The summed E-state index contributed by atoms with van der Waals surface area (Å²) in [4.78, 5) is 4.04. The van der Waals surface area contributed by atoms with Gasteiger partial charge < -0.3 is 24.4 Å². The van der Waals surface area contributed by atoms with Gasteiger partial charge in [-0.15, -0.1) is 0 Å². The number of hydrogen-bond donors (Lipinski definition) is 2. The normalized spacial score (nSPS) is 22.5. The van der Waals surface area contributed by atoms with Crippen LogP contribution in [0.25, 0.3) is 0 Å². The van der Waals surface area contributed by atoms with Crippen LogP contribution in [0.1, 0.15) is 25.7 Å². The Morgan fingerprint density at radius 1 is 0.938 bits per heavy atom. The second-order valence-corrected chi connectivity index (χ2v) is 10.5. The van der Waals surface area contributed by atoms with Gasteiger partial charge >= 0.3 is 14.1 Å². The van der Waals surface area contributed by atoms with Crippen LogP contribution in [0, 0.1) is 11.8 Å². The quantitative estimate of drug-likeness (QED) is 0.440. The highest BCUT2D eigenvalue weighted by molar-refractivity contribution is 7.85. The number of benzene rings is 1. The molecule has 2 fully saturated rings. The highest BCUT2D eigenvalue weighted by Gasteiger charge is 2.26. The summed E-state index contributed by atoms with van der Waals surface area (Å²) in [6, 6.07) is 9.92. The SMILES string of the molecule is CB(O)N1CCCC(COS(C)(=O)=O)C1.CB(O)N1CCCC(COc2ccccc2)C1. The lowest BCUT2D eigenvalue weighted by Gasteiger charge is -2.33. The van der Waals surface area contributed by atoms with Crippen molar-refractivity contribution in [2.75, 3.05) is 45.6 Å². The molecule has 2 atom stereocenters. The van der Waals surface area contributed by atoms with E-state index in [-0.39, 0.29) is 19.6 Å². The largest absolute Gasteiger partial charge is 0.493 e. The summed E-state index contributed by atoms with van der Waals surface area (Å²) in [6.45, 7) is 8.03. The molecule has 0 spiro atoms. The summed E-state index contributed by atoms with van der Waals surface area (Å²) in [6.07, 6.45) is 5.33. The lowest BCUT2D eigenvalue weighted by Crippen LogP contribution is -2.45. The van der Waals surface area contributed by atoms with Crippen molar-refractivity contribution in [2.24, 2.45) is 11.8 Å². The maximum Gasteiger partial charge on any atom is 0.376 e. The Hall–Kier alpha value is -1.10. The first kappa shape index (κ1) is 27.1. The molecule has 0 aliphatic carbocycles. The minimum atomic E-state index is -3.34. The average molecular weight is 468 g/mol. The Labute approximate surface area is 194 Å². The number of ether oxygens (including phenoxy) is 1. The Morgan fingerprint density at radius 2 is 1.44 bits per heavy atom. The van der Waals surface area contributed by atoms with E-state index in [0.717, 1.165) is 57.5 Å². The van der Waals surface area contributed by atoms with Crippen LogP contribution in [0.5, 0.6) is 5.75 Å². The first-order chi connectivity index (χ1) is 15.1. The number of hydrogen-bond acceptors (Lipinski definition) is 8. The Bertz CT molecular complexity index is 754. The number of para-hydroxylation sites is 1. The molecular formula is C21H38B2N2O6S. The van der Waals surface area contributed by atoms with E-state index in [4.69, 9.17) is 8.92 Å². The molecule has 2 aliphatic rings. The van der Waals surface area contributed by atoms with E-state index in [1.54, 1.807) is 6.82 Å². The molecule has 0 radical (unpaired) electrons. The van der Waals surface area contributed by atoms with Crippen LogP contribution in [0.2, 0.25) is 13.6 Å². The molecule has 0 amide bonds. The average Bonchev–Trinajstić information content (AvgIpc) is 2.77. The molecule has 1 aromatic rings. The van der Waals surface area contributed by atoms with E-state index in [9.17, 15) is 18.5 Å². The molecule has 0 aromatic heterocycles. The molecule has 0 bridgehead atoms. The van der Waals surface area contributed by atoms with Crippen LogP contribution in [-0.2, 0) is 14.3 Å². The van der Waals surface area contributed by atoms with E-state index < -0.39 is 17.2 Å². The second-order valence-electron chi connectivity index (χ2n) is 8.88. The Kier molecular flexibility index (Phi) is 11.5. The maximum absolute atomic E-state index is 10.8. The van der Waals surface area contributed by atoms with Crippen molar-refractivity contribution in [3.05, 3.63) is 30.3 Å². The third-order valence-electron chi connectivity index (χ3n) is 5.90. The van der Waals surface area contributed by atoms with Crippen LogP contribution in [0.3, 0.4) is 0 Å². The monoisotopic (exact) mass is 468 g/mol. The summed E-state index contributed by atoms with van der Waals surface area (Å²) >= 11 is 0. The lowest BCUT2D eigenvalue weighted by molar-refractivity contribution is 0.170. The molecule has 32 heavy (non-hydrogen) atoms. The van der Waals surface area contributed by atoms with E-state index in [1.165, 1.54) is 6.42 Å². The molecule has 0 saturated carbocycles. The summed E-state index contributed by atoms with van der Waals surface area (Å²) in [5.41, 5.74) is 0. The smallest absolute Gasteiger partial charge is 0.376 e. The van der Waals surface area contributed by atoms with Gasteiger partial charge in [0.15, 0.2) is 0 Å². The summed E-state index contributed by atoms with van der Waals surface area (Å²) in [7, 11) is -4.15. The van der Waals surface area contributed by atoms with Gasteiger partial charge in [-0.25, -0.2) is 0 Å². The number of nitrogens with zero attached hydrogens (tertiary/aromatic N) is 2. The zero-order chi connectivity index (χ0) is 23.6. The Balaban J connectivity index is 0.000000229. The van der Waals surface area contributed by atoms with Gasteiger partial charge in [-0.1, -0.05) is 18.2 Å². The van der Waals surface area contributed by atoms with Crippen molar-refractivity contribution in [3.8, 4) is 5.75 Å². The highest BCUT2D eigenvalue weighted by Crippen LogP contribution is 2.19. The van der Waals surface area contributed by atoms with Gasteiger partial charge in [0.2, 0.25) is 0 Å². The van der Waals surface area contributed by atoms with Crippen molar-refractivity contribution >= 4 is 24.2 Å². The maximum atomic E-state index is 10.8. The molecule has 2 saturated heterocycles. The molecule has 180 valence electrons. The summed E-state index contributed by atoms with van der Waals surface area (Å²) < 4.78 is 32.1. The van der Waals surface area contributed by atoms with Gasteiger partial charge in [-0.05, 0) is 83.6 Å². The van der Waals surface area contributed by atoms with Crippen molar-refractivity contribution in [3.63, 3.8) is 0 Å². The lowest BCUT2D eigenvalue weighted by atomic mass is 9.81. The van der Waals surface area contributed by atoms with Gasteiger partial charge in [0.1, 0.15) is 5.75 Å². The molecule has 2 unspecified atom stereocenters. The van der Waals surface area contributed by atoms with Crippen molar-refractivity contribution in [1.82, 2.24) is 9.62 Å². The molecule has 8 nitrogen and oxygen atoms in total. The zero-order valence-electron chi connectivity index (χ0n) is 19.6. The highest BCUT2D eigenvalue weighted by atomic mass is 32.2. The predicted octanol–water partition coefficient (Wildman–Crippen LogP) is 1.67. The fourth-order valence-corrected chi connectivity index (χ4v) is 4.54. The molecule has 2 heterocycles. The topological polar surface area (TPSA) is 99.5 Å². The van der Waals surface area contributed by atoms with Gasteiger partial charge in [0.05, 0.1) is 19.5 Å². The fourth-order valence-electron chi connectivity index (χ4n) is 4.10. The van der Waals surface area contributed by atoms with Gasteiger partial charge in [0, 0.05) is 5.92 Å². The minimum absolute atomic E-state index is 0.197. The van der Waals surface area contributed by atoms with Crippen LogP contribution in [0.15, 0.2) is 30.3 Å². The van der Waals surface area contributed by atoms with Gasteiger partial charge in [0.25, 0.3) is 10.1 Å². The molecular weight excluding hydrogens is 430 g/mol. The second kappa shape index (κ2) is 13.6. The van der Waals surface area contributed by atoms with Gasteiger partial charge in [-0.2, -0.15) is 8.42 Å². The van der Waals surface area contributed by atoms with Crippen LogP contribution in [0.4, 0.5) is 0 Å². The van der Waals surface area contributed by atoms with E-state index in [0.29, 0.717) is 12.5 Å². The van der Waals surface area contributed by atoms with Gasteiger partial charge in [-0.3, -0.25) is 4.18 Å². The molecule has 2 N–H and O–H groups in total.